The van der Waals surface area contributed by atoms with Gasteiger partial charge in [-0.15, -0.1) is 0 Å². The van der Waals surface area contributed by atoms with Crippen LogP contribution in [0.15, 0.2) is 12.4 Å². The number of rotatable bonds is 3. The summed E-state index contributed by atoms with van der Waals surface area (Å²) in [6.07, 6.45) is 3.74. The van der Waals surface area contributed by atoms with Gasteiger partial charge in [0, 0.05) is 32.2 Å². The maximum Gasteiger partial charge on any atom is 0.147 e. The lowest BCUT2D eigenvalue weighted by molar-refractivity contribution is 0.233. The Morgan fingerprint density at radius 3 is 2.76 bits per heavy atom. The first-order valence-corrected chi connectivity index (χ1v) is 6.11. The van der Waals surface area contributed by atoms with E-state index >= 15 is 0 Å². The van der Waals surface area contributed by atoms with E-state index in [2.05, 4.69) is 39.1 Å². The van der Waals surface area contributed by atoms with Crippen molar-refractivity contribution in [3.63, 3.8) is 0 Å². The molecule has 2 rings (SSSR count). The Labute approximate surface area is 103 Å². The average Bonchev–Trinajstić information content (AvgIpc) is 2.34. The van der Waals surface area contributed by atoms with E-state index in [1.807, 2.05) is 19.4 Å². The first-order chi connectivity index (χ1) is 8.20. The smallest absolute Gasteiger partial charge is 0.147 e. The standard InChI is InChI=1S/C12H21N5/c1-10-9-17(5-4-16(10)3)12-8-14-11(6-13-2)7-15-12/h7-8,10,13H,4-6,9H2,1-3H3. The number of hydrogen-bond donors (Lipinski definition) is 1. The molecule has 1 atom stereocenters. The SMILES string of the molecule is CNCc1cnc(N2CCN(C)C(C)C2)cn1. The summed E-state index contributed by atoms with van der Waals surface area (Å²) < 4.78 is 0. The minimum Gasteiger partial charge on any atom is -0.353 e. The van der Waals surface area contributed by atoms with E-state index in [9.17, 15) is 0 Å². The van der Waals surface area contributed by atoms with Gasteiger partial charge in [-0.2, -0.15) is 0 Å². The van der Waals surface area contributed by atoms with Crippen molar-refractivity contribution in [2.24, 2.45) is 0 Å². The molecular weight excluding hydrogens is 214 g/mol. The molecule has 5 heteroatoms. The zero-order chi connectivity index (χ0) is 12.3. The minimum atomic E-state index is 0.572. The van der Waals surface area contributed by atoms with Gasteiger partial charge in [0.2, 0.25) is 0 Å². The fraction of sp³-hybridized carbons (Fsp3) is 0.667. The topological polar surface area (TPSA) is 44.3 Å². The average molecular weight is 235 g/mol. The molecule has 0 saturated carbocycles. The molecule has 0 amide bonds. The van der Waals surface area contributed by atoms with Crippen molar-refractivity contribution in [1.29, 1.82) is 0 Å². The summed E-state index contributed by atoms with van der Waals surface area (Å²) in [5.41, 5.74) is 0.985. The molecule has 0 aromatic carbocycles. The molecule has 1 aliphatic heterocycles. The molecule has 0 aliphatic carbocycles. The molecule has 2 heterocycles. The maximum absolute atomic E-state index is 4.49. The molecule has 1 aliphatic rings. The number of aromatic nitrogens is 2. The molecule has 1 N–H and O–H groups in total. The van der Waals surface area contributed by atoms with Gasteiger partial charge in [0.15, 0.2) is 0 Å². The third kappa shape index (κ3) is 2.92. The predicted octanol–water partition coefficient (Wildman–Crippen LogP) is 0.336. The minimum absolute atomic E-state index is 0.572. The molecular formula is C12H21N5. The fourth-order valence-electron chi connectivity index (χ4n) is 2.04. The van der Waals surface area contributed by atoms with Crippen LogP contribution < -0.4 is 10.2 Å². The molecule has 94 valence electrons. The number of hydrogen-bond acceptors (Lipinski definition) is 5. The van der Waals surface area contributed by atoms with Crippen LogP contribution >= 0.6 is 0 Å². The zero-order valence-corrected chi connectivity index (χ0v) is 10.8. The van der Waals surface area contributed by atoms with Crippen LogP contribution in [0.25, 0.3) is 0 Å². The van der Waals surface area contributed by atoms with Gasteiger partial charge in [-0.1, -0.05) is 0 Å². The lowest BCUT2D eigenvalue weighted by atomic mass is 10.2. The van der Waals surface area contributed by atoms with Gasteiger partial charge in [-0.25, -0.2) is 4.98 Å². The van der Waals surface area contributed by atoms with E-state index in [4.69, 9.17) is 0 Å². The Morgan fingerprint density at radius 1 is 1.35 bits per heavy atom. The molecule has 1 aromatic heterocycles. The third-order valence-corrected chi connectivity index (χ3v) is 3.33. The molecule has 0 bridgehead atoms. The molecule has 1 aromatic rings. The quantitative estimate of drug-likeness (QED) is 0.818. The first-order valence-electron chi connectivity index (χ1n) is 6.11. The summed E-state index contributed by atoms with van der Waals surface area (Å²) >= 11 is 0. The Kier molecular flexibility index (Phi) is 3.91. The van der Waals surface area contributed by atoms with E-state index in [-0.39, 0.29) is 0 Å². The Hall–Kier alpha value is -1.20. The Morgan fingerprint density at radius 2 is 2.18 bits per heavy atom. The van der Waals surface area contributed by atoms with Gasteiger partial charge in [-0.05, 0) is 21.0 Å². The summed E-state index contributed by atoms with van der Waals surface area (Å²) in [7, 11) is 4.08. The second-order valence-corrected chi connectivity index (χ2v) is 4.67. The normalized spacial score (nSPS) is 21.8. The number of likely N-dealkylation sites (N-methyl/N-ethyl adjacent to an activating group) is 1. The van der Waals surface area contributed by atoms with E-state index in [1.54, 1.807) is 0 Å². The number of nitrogens with one attached hydrogen (secondary N) is 1. The molecule has 17 heavy (non-hydrogen) atoms. The van der Waals surface area contributed by atoms with Gasteiger partial charge < -0.3 is 15.1 Å². The van der Waals surface area contributed by atoms with Crippen LogP contribution in [0.4, 0.5) is 5.82 Å². The molecule has 0 spiro atoms. The zero-order valence-electron chi connectivity index (χ0n) is 10.8. The van der Waals surface area contributed by atoms with Gasteiger partial charge >= 0.3 is 0 Å². The highest BCUT2D eigenvalue weighted by Gasteiger charge is 2.21. The molecule has 1 unspecified atom stereocenters. The van der Waals surface area contributed by atoms with Gasteiger partial charge in [0.1, 0.15) is 5.82 Å². The van der Waals surface area contributed by atoms with Crippen molar-refractivity contribution in [3.05, 3.63) is 18.1 Å². The van der Waals surface area contributed by atoms with Crippen LogP contribution in [0.5, 0.6) is 0 Å². The maximum atomic E-state index is 4.49. The van der Waals surface area contributed by atoms with E-state index in [0.29, 0.717) is 6.04 Å². The van der Waals surface area contributed by atoms with Crippen molar-refractivity contribution in [1.82, 2.24) is 20.2 Å². The summed E-state index contributed by atoms with van der Waals surface area (Å²) in [6, 6.07) is 0.572. The molecule has 0 radical (unpaired) electrons. The second kappa shape index (κ2) is 5.42. The van der Waals surface area contributed by atoms with Crippen molar-refractivity contribution < 1.29 is 0 Å². The number of anilines is 1. The van der Waals surface area contributed by atoms with Crippen molar-refractivity contribution in [2.45, 2.75) is 19.5 Å². The molecule has 1 saturated heterocycles. The Balaban J connectivity index is 2.02. The third-order valence-electron chi connectivity index (χ3n) is 3.33. The van der Waals surface area contributed by atoms with E-state index in [1.165, 1.54) is 0 Å². The summed E-state index contributed by atoms with van der Waals surface area (Å²) in [4.78, 5) is 13.6. The van der Waals surface area contributed by atoms with Gasteiger partial charge in [0.25, 0.3) is 0 Å². The van der Waals surface area contributed by atoms with Crippen molar-refractivity contribution >= 4 is 5.82 Å². The summed E-state index contributed by atoms with van der Waals surface area (Å²) in [5.74, 6) is 0.991. The number of piperazine rings is 1. The molecule has 1 fully saturated rings. The lowest BCUT2D eigenvalue weighted by Crippen LogP contribution is -2.50. The summed E-state index contributed by atoms with van der Waals surface area (Å²) in [6.45, 7) is 6.15. The van der Waals surface area contributed by atoms with Gasteiger partial charge in [-0.3, -0.25) is 4.98 Å². The lowest BCUT2D eigenvalue weighted by Gasteiger charge is -2.38. The highest BCUT2D eigenvalue weighted by molar-refractivity contribution is 5.36. The van der Waals surface area contributed by atoms with Crippen LogP contribution in [-0.2, 0) is 6.54 Å². The van der Waals surface area contributed by atoms with E-state index < -0.39 is 0 Å². The fourth-order valence-corrected chi connectivity index (χ4v) is 2.04. The first kappa shape index (κ1) is 12.3. The van der Waals surface area contributed by atoms with Crippen LogP contribution in [0, 0.1) is 0 Å². The van der Waals surface area contributed by atoms with Crippen LogP contribution in [0.2, 0.25) is 0 Å². The molecule has 5 nitrogen and oxygen atoms in total. The van der Waals surface area contributed by atoms with Crippen LogP contribution in [-0.4, -0.2) is 54.6 Å². The Bertz CT molecular complexity index is 350. The van der Waals surface area contributed by atoms with Crippen molar-refractivity contribution in [3.8, 4) is 0 Å². The predicted molar refractivity (Wildman–Crippen MR) is 69.1 cm³/mol. The monoisotopic (exact) mass is 235 g/mol. The second-order valence-electron chi connectivity index (χ2n) is 4.67. The number of nitrogens with zero attached hydrogens (tertiary/aromatic N) is 4. The van der Waals surface area contributed by atoms with Crippen molar-refractivity contribution in [2.75, 3.05) is 38.6 Å². The largest absolute Gasteiger partial charge is 0.353 e. The van der Waals surface area contributed by atoms with Gasteiger partial charge in [0.05, 0.1) is 18.1 Å². The van der Waals surface area contributed by atoms with E-state index in [0.717, 1.165) is 37.7 Å². The van der Waals surface area contributed by atoms with Crippen LogP contribution in [0.1, 0.15) is 12.6 Å². The summed E-state index contributed by atoms with van der Waals surface area (Å²) in [5, 5.41) is 3.07. The highest BCUT2D eigenvalue weighted by Crippen LogP contribution is 2.14. The highest BCUT2D eigenvalue weighted by atomic mass is 15.3. The van der Waals surface area contributed by atoms with Crippen LogP contribution in [0.3, 0.4) is 0 Å².